The van der Waals surface area contributed by atoms with Gasteiger partial charge in [-0.2, -0.15) is 9.90 Å². The third-order valence-corrected chi connectivity index (χ3v) is 7.31. The van der Waals surface area contributed by atoms with E-state index in [0.717, 1.165) is 55.6 Å². The zero-order valence-corrected chi connectivity index (χ0v) is 21.6. The molecular weight excluding hydrogens is 516 g/mol. The summed E-state index contributed by atoms with van der Waals surface area (Å²) in [6.07, 6.45) is 3.28. The van der Waals surface area contributed by atoms with Gasteiger partial charge in [-0.05, 0) is 30.3 Å². The number of hydrogen-bond donors (Lipinski definition) is 1. The summed E-state index contributed by atoms with van der Waals surface area (Å²) >= 11 is 6.34. The summed E-state index contributed by atoms with van der Waals surface area (Å²) in [4.78, 5) is 9.76. The number of aromatic nitrogens is 7. The van der Waals surface area contributed by atoms with Gasteiger partial charge in [0.2, 0.25) is 0 Å². The molecule has 0 unspecified atom stereocenters. The molecule has 0 aliphatic carbocycles. The van der Waals surface area contributed by atoms with Crippen molar-refractivity contribution in [3.05, 3.63) is 83.2 Å². The highest BCUT2D eigenvalue weighted by Crippen LogP contribution is 2.36. The van der Waals surface area contributed by atoms with Gasteiger partial charge < -0.3 is 10.0 Å². The number of aliphatic hydroxyl groups is 1. The number of piperazine rings is 1. The number of hydrogen-bond acceptors (Lipinski definition) is 8. The average molecular weight is 544 g/mol. The lowest BCUT2D eigenvalue weighted by atomic mass is 9.86. The van der Waals surface area contributed by atoms with Gasteiger partial charge in [0.05, 0.1) is 17.3 Å². The maximum Gasteiger partial charge on any atom is 0.176 e. The van der Waals surface area contributed by atoms with E-state index in [1.54, 1.807) is 6.92 Å². The van der Waals surface area contributed by atoms with Crippen molar-refractivity contribution >= 4 is 17.3 Å². The van der Waals surface area contributed by atoms with Gasteiger partial charge >= 0.3 is 0 Å². The second-order valence-electron chi connectivity index (χ2n) is 9.37. The first-order chi connectivity index (χ1) is 18.3. The molecule has 0 bridgehead atoms. The van der Waals surface area contributed by atoms with Crippen LogP contribution in [0.4, 0.5) is 14.5 Å². The van der Waals surface area contributed by atoms with E-state index < -0.39 is 23.3 Å². The van der Waals surface area contributed by atoms with Crippen LogP contribution < -0.4 is 4.90 Å². The van der Waals surface area contributed by atoms with Crippen molar-refractivity contribution in [2.45, 2.75) is 31.5 Å². The predicted octanol–water partition coefficient (Wildman–Crippen LogP) is 2.71. The van der Waals surface area contributed by atoms with Gasteiger partial charge in [-0.3, -0.25) is 4.90 Å². The van der Waals surface area contributed by atoms with Crippen molar-refractivity contribution in [3.63, 3.8) is 0 Å². The van der Waals surface area contributed by atoms with E-state index in [9.17, 15) is 13.9 Å². The molecule has 2 aromatic heterocycles. The molecule has 0 spiro atoms. The van der Waals surface area contributed by atoms with Crippen molar-refractivity contribution in [1.29, 1.82) is 0 Å². The van der Waals surface area contributed by atoms with E-state index in [-0.39, 0.29) is 12.1 Å². The Morgan fingerprint density at radius 1 is 1.11 bits per heavy atom. The van der Waals surface area contributed by atoms with Crippen molar-refractivity contribution in [3.8, 4) is 0 Å². The fourth-order valence-corrected chi connectivity index (χ4v) is 4.99. The molecule has 0 saturated carbocycles. The van der Waals surface area contributed by atoms with Crippen LogP contribution in [0.1, 0.15) is 24.4 Å². The Labute approximate surface area is 223 Å². The van der Waals surface area contributed by atoms with Gasteiger partial charge in [-0.15, -0.1) is 10.2 Å². The molecule has 13 heteroatoms. The Balaban J connectivity index is 1.25. The Kier molecular flexibility index (Phi) is 7.63. The summed E-state index contributed by atoms with van der Waals surface area (Å²) in [7, 11) is 0. The van der Waals surface area contributed by atoms with Gasteiger partial charge in [-0.25, -0.2) is 18.4 Å². The van der Waals surface area contributed by atoms with Crippen LogP contribution in [-0.2, 0) is 18.6 Å². The number of tetrazole rings is 1. The molecular formula is C25H28ClF2N9O. The second kappa shape index (κ2) is 11.1. The molecule has 1 aliphatic heterocycles. The number of benzene rings is 2. The monoisotopic (exact) mass is 543 g/mol. The highest BCUT2D eigenvalue weighted by atomic mass is 35.5. The largest absolute Gasteiger partial charge is 0.381 e. The van der Waals surface area contributed by atoms with E-state index >= 15 is 0 Å². The first-order valence-electron chi connectivity index (χ1n) is 12.3. The summed E-state index contributed by atoms with van der Waals surface area (Å²) in [6, 6.07) is 10.0. The van der Waals surface area contributed by atoms with Crippen molar-refractivity contribution in [2.24, 2.45) is 0 Å². The average Bonchev–Trinajstić information content (AvgIpc) is 3.60. The molecule has 1 saturated heterocycles. The summed E-state index contributed by atoms with van der Waals surface area (Å²) < 4.78 is 29.8. The lowest BCUT2D eigenvalue weighted by Gasteiger charge is -2.36. The predicted molar refractivity (Wildman–Crippen MR) is 137 cm³/mol. The van der Waals surface area contributed by atoms with Gasteiger partial charge in [-0.1, -0.05) is 29.8 Å². The van der Waals surface area contributed by atoms with Crippen molar-refractivity contribution < 1.29 is 13.9 Å². The first kappa shape index (κ1) is 26.1. The minimum Gasteiger partial charge on any atom is -0.381 e. The zero-order chi connectivity index (χ0) is 26.7. The first-order valence-corrected chi connectivity index (χ1v) is 12.7. The van der Waals surface area contributed by atoms with Gasteiger partial charge in [0.1, 0.15) is 35.9 Å². The van der Waals surface area contributed by atoms with Crippen LogP contribution in [0.25, 0.3) is 0 Å². The number of nitrogens with zero attached hydrogens (tertiary/aromatic N) is 9. The third-order valence-electron chi connectivity index (χ3n) is 6.99. The third kappa shape index (κ3) is 5.52. The van der Waals surface area contributed by atoms with Crippen LogP contribution in [0.15, 0.2) is 55.1 Å². The maximum atomic E-state index is 14.8. The van der Waals surface area contributed by atoms with Gasteiger partial charge in [0, 0.05) is 50.8 Å². The highest BCUT2D eigenvalue weighted by Gasteiger charge is 2.41. The molecule has 0 radical (unpaired) electrons. The molecule has 10 nitrogen and oxygen atoms in total. The SMILES string of the molecule is C[C@H](n1nnc(CCN2CCN(c3ccccc3Cl)CC2)n1)[C@](O)(Cn1cncn1)c1ccc(F)cc1F. The molecule has 2 aromatic carbocycles. The van der Waals surface area contributed by atoms with Gasteiger partial charge in [0.15, 0.2) is 5.82 Å². The molecule has 2 atom stereocenters. The van der Waals surface area contributed by atoms with E-state index in [0.29, 0.717) is 12.2 Å². The standard InChI is InChI=1S/C25H28ClF2N9O/c1-18(25(38,15-36-17-29-16-30-36)20-7-6-19(27)14-22(20)28)37-32-24(31-33-37)8-9-34-10-12-35(13-11-34)23-5-3-2-4-21(23)26/h2-7,14,16-18,38H,8-13,15H2,1H3/t18-,25+/m0/s1. The van der Waals surface area contributed by atoms with Crippen LogP contribution in [0.5, 0.6) is 0 Å². The van der Waals surface area contributed by atoms with Crippen LogP contribution in [0, 0.1) is 11.6 Å². The normalized spacial score (nSPS) is 16.9. The molecule has 200 valence electrons. The smallest absolute Gasteiger partial charge is 0.176 e. The lowest BCUT2D eigenvalue weighted by molar-refractivity contribution is -0.0418. The summed E-state index contributed by atoms with van der Waals surface area (Å²) in [5.74, 6) is -1.11. The number of halogens is 3. The molecule has 1 aliphatic rings. The fourth-order valence-electron chi connectivity index (χ4n) is 4.73. The fraction of sp³-hybridized carbons (Fsp3) is 0.400. The lowest BCUT2D eigenvalue weighted by Crippen LogP contribution is -2.47. The molecule has 38 heavy (non-hydrogen) atoms. The molecule has 1 fully saturated rings. The van der Waals surface area contributed by atoms with E-state index in [4.69, 9.17) is 11.6 Å². The van der Waals surface area contributed by atoms with Crippen LogP contribution in [0.2, 0.25) is 5.02 Å². The van der Waals surface area contributed by atoms with Crippen LogP contribution in [0.3, 0.4) is 0 Å². The van der Waals surface area contributed by atoms with E-state index in [1.807, 2.05) is 24.3 Å². The molecule has 5 rings (SSSR count). The second-order valence-corrected chi connectivity index (χ2v) is 9.78. The van der Waals surface area contributed by atoms with Crippen LogP contribution in [-0.4, -0.2) is 77.7 Å². The summed E-state index contributed by atoms with van der Waals surface area (Å²) in [5.41, 5.74) is -0.918. The van der Waals surface area contributed by atoms with E-state index in [1.165, 1.54) is 28.2 Å². The molecule has 1 N–H and O–H groups in total. The quantitative estimate of drug-likeness (QED) is 0.344. The Bertz CT molecular complexity index is 1360. The molecule has 0 amide bonds. The maximum absolute atomic E-state index is 14.8. The number of para-hydroxylation sites is 1. The summed E-state index contributed by atoms with van der Waals surface area (Å²) in [5, 5.41) is 29.3. The highest BCUT2D eigenvalue weighted by molar-refractivity contribution is 6.33. The van der Waals surface area contributed by atoms with Crippen molar-refractivity contribution in [1.82, 2.24) is 39.9 Å². The Morgan fingerprint density at radius 3 is 2.61 bits per heavy atom. The summed E-state index contributed by atoms with van der Waals surface area (Å²) in [6.45, 7) is 5.71. The topological polar surface area (TPSA) is 101 Å². The zero-order valence-electron chi connectivity index (χ0n) is 20.8. The minimum atomic E-state index is -1.86. The number of rotatable bonds is 9. The van der Waals surface area contributed by atoms with E-state index in [2.05, 4.69) is 35.3 Å². The minimum absolute atomic E-state index is 0.0999. The van der Waals surface area contributed by atoms with Crippen molar-refractivity contribution in [2.75, 3.05) is 37.6 Å². The number of anilines is 1. The molecule has 4 aromatic rings. The molecule has 3 heterocycles. The Hall–Kier alpha value is -3.48. The van der Waals surface area contributed by atoms with Crippen LogP contribution >= 0.6 is 11.6 Å². The van der Waals surface area contributed by atoms with Gasteiger partial charge in [0.25, 0.3) is 0 Å². The Morgan fingerprint density at radius 2 is 1.89 bits per heavy atom.